The van der Waals surface area contributed by atoms with E-state index >= 15 is 0 Å². The number of carbonyl (C=O) groups excluding carboxylic acids is 1. The maximum absolute atomic E-state index is 14.9. The fourth-order valence-corrected chi connectivity index (χ4v) is 8.47. The molecule has 0 bridgehead atoms. The second kappa shape index (κ2) is 18.0. The Morgan fingerprint density at radius 3 is 2.30 bits per heavy atom. The first-order valence-corrected chi connectivity index (χ1v) is 19.9. The number of hydrogen-bond acceptors (Lipinski definition) is 9. The minimum Gasteiger partial charge on any atom is -0.494 e. The van der Waals surface area contributed by atoms with Crippen LogP contribution in [0, 0.1) is 0 Å². The van der Waals surface area contributed by atoms with Gasteiger partial charge in [-0.25, -0.2) is 13.4 Å². The number of carbonyl (C=O) groups is 1. The van der Waals surface area contributed by atoms with Crippen LogP contribution in [0.25, 0.3) is 10.4 Å². The van der Waals surface area contributed by atoms with Crippen LogP contribution in [0.3, 0.4) is 0 Å². The van der Waals surface area contributed by atoms with Crippen molar-refractivity contribution in [1.82, 2.24) is 5.32 Å². The van der Waals surface area contributed by atoms with Gasteiger partial charge in [-0.1, -0.05) is 95.7 Å². The molecule has 1 amide bonds. The van der Waals surface area contributed by atoms with Crippen molar-refractivity contribution in [2.45, 2.75) is 52.3 Å². The Kier molecular flexibility index (Phi) is 12.7. The van der Waals surface area contributed by atoms with Crippen LogP contribution in [0.1, 0.15) is 41.2 Å². The lowest BCUT2D eigenvalue weighted by atomic mass is 9.83. The van der Waals surface area contributed by atoms with Crippen molar-refractivity contribution in [1.29, 1.82) is 0 Å². The fraction of sp³-hybridized carbons (Fsp3) is 0.220. The summed E-state index contributed by atoms with van der Waals surface area (Å²) in [5.74, 6) is -0.204. The number of aliphatic hydroxyl groups excluding tert-OH is 1. The lowest BCUT2D eigenvalue weighted by Gasteiger charge is -2.31. The molecular formula is C41H39N5O6S2. The highest BCUT2D eigenvalue weighted by molar-refractivity contribution is 7.99. The Hall–Kier alpha value is -5.59. The molecule has 11 nitrogen and oxygen atoms in total. The van der Waals surface area contributed by atoms with Crippen LogP contribution in [0.15, 0.2) is 158 Å². The van der Waals surface area contributed by atoms with E-state index in [9.17, 15) is 18.7 Å². The third-order valence-electron chi connectivity index (χ3n) is 8.91. The Morgan fingerprint density at radius 2 is 1.57 bits per heavy atom. The number of aliphatic hydroxyl groups is 1. The summed E-state index contributed by atoms with van der Waals surface area (Å²) in [4.78, 5) is 25.0. The highest BCUT2D eigenvalue weighted by atomic mass is 32.2. The van der Waals surface area contributed by atoms with E-state index in [1.807, 2.05) is 54.6 Å². The highest BCUT2D eigenvalue weighted by Gasteiger charge is 2.54. The van der Waals surface area contributed by atoms with Crippen LogP contribution in [0.4, 0.5) is 0 Å². The van der Waals surface area contributed by atoms with Gasteiger partial charge in [0.05, 0.1) is 23.8 Å². The van der Waals surface area contributed by atoms with Crippen molar-refractivity contribution in [2.24, 2.45) is 10.1 Å². The second-order valence-corrected chi connectivity index (χ2v) is 15.7. The smallest absolute Gasteiger partial charge is 0.252 e. The van der Waals surface area contributed by atoms with Crippen molar-refractivity contribution >= 4 is 33.4 Å². The van der Waals surface area contributed by atoms with E-state index in [0.29, 0.717) is 35.5 Å². The molecule has 0 aliphatic carbocycles. The zero-order valence-electron chi connectivity index (χ0n) is 29.3. The molecule has 2 atom stereocenters. The molecule has 5 aromatic carbocycles. The van der Waals surface area contributed by atoms with E-state index in [-0.39, 0.29) is 36.9 Å². The minimum absolute atomic E-state index is 0.00680. The second-order valence-electron chi connectivity index (χ2n) is 12.5. The molecule has 2 N–H and O–H groups in total. The molecule has 5 aromatic rings. The maximum atomic E-state index is 14.9. The Morgan fingerprint density at radius 1 is 0.907 bits per heavy atom. The monoisotopic (exact) mass is 761 g/mol. The number of azide groups is 1. The van der Waals surface area contributed by atoms with Crippen LogP contribution in [-0.2, 0) is 32.5 Å². The first kappa shape index (κ1) is 38.1. The Balaban J connectivity index is 1.42. The number of nitrogens with one attached hydrogen (secondary N) is 1. The predicted molar refractivity (Wildman–Crippen MR) is 208 cm³/mol. The molecule has 6 rings (SSSR count). The van der Waals surface area contributed by atoms with E-state index in [1.165, 1.54) is 12.1 Å². The van der Waals surface area contributed by atoms with Crippen molar-refractivity contribution in [3.05, 3.63) is 166 Å². The van der Waals surface area contributed by atoms with Gasteiger partial charge in [-0.3, -0.25) is 4.79 Å². The van der Waals surface area contributed by atoms with Crippen LogP contribution in [0.2, 0.25) is 0 Å². The lowest BCUT2D eigenvalue weighted by Crippen LogP contribution is -2.49. The van der Waals surface area contributed by atoms with E-state index in [4.69, 9.17) is 19.6 Å². The number of amides is 1. The van der Waals surface area contributed by atoms with E-state index in [0.717, 1.165) is 15.4 Å². The summed E-state index contributed by atoms with van der Waals surface area (Å²) < 4.78 is 39.9. The SMILES string of the molecule is [N-]=[N+]=NCc1ccccc1[C@H]1OC(c2ccc(OCCCO)cc2)=N[C@@]1(CCS(=O)(=O)c1ccccc1)C(=O)NCc1ccccc1Sc1ccccc1. The maximum Gasteiger partial charge on any atom is 0.252 e. The average Bonchev–Trinajstić information content (AvgIpc) is 3.61. The highest BCUT2D eigenvalue weighted by Crippen LogP contribution is 2.44. The van der Waals surface area contributed by atoms with E-state index in [2.05, 4.69) is 15.3 Å². The van der Waals surface area contributed by atoms with Crippen LogP contribution >= 0.6 is 11.8 Å². The van der Waals surface area contributed by atoms with Crippen molar-refractivity contribution < 1.29 is 27.8 Å². The van der Waals surface area contributed by atoms with Gasteiger partial charge < -0.3 is 19.9 Å². The van der Waals surface area contributed by atoms with Gasteiger partial charge in [0.25, 0.3) is 5.91 Å². The van der Waals surface area contributed by atoms with Gasteiger partial charge in [0.15, 0.2) is 21.5 Å². The van der Waals surface area contributed by atoms with Gasteiger partial charge in [-0.15, -0.1) is 0 Å². The fourth-order valence-electron chi connectivity index (χ4n) is 6.12. The molecule has 1 heterocycles. The van der Waals surface area contributed by atoms with Gasteiger partial charge in [-0.2, -0.15) is 0 Å². The Bertz CT molecular complexity index is 2230. The molecule has 0 radical (unpaired) electrons. The first-order valence-electron chi connectivity index (χ1n) is 17.4. The van der Waals surface area contributed by atoms with Crippen molar-refractivity contribution in [3.63, 3.8) is 0 Å². The number of benzene rings is 5. The summed E-state index contributed by atoms with van der Waals surface area (Å²) in [5.41, 5.74) is 9.98. The molecule has 0 saturated carbocycles. The molecule has 1 aliphatic heterocycles. The molecule has 13 heteroatoms. The van der Waals surface area contributed by atoms with Crippen molar-refractivity contribution in [3.8, 4) is 5.75 Å². The van der Waals surface area contributed by atoms with Crippen molar-refractivity contribution in [2.75, 3.05) is 19.0 Å². The molecular weight excluding hydrogens is 723 g/mol. The first-order chi connectivity index (χ1) is 26.3. The summed E-state index contributed by atoms with van der Waals surface area (Å²) in [5, 5.41) is 16.0. The molecule has 0 spiro atoms. The number of hydrogen-bond donors (Lipinski definition) is 2. The molecule has 1 aliphatic rings. The molecule has 0 fully saturated rings. The van der Waals surface area contributed by atoms with Gasteiger partial charge in [0.1, 0.15) is 5.75 Å². The number of aliphatic imine (C=N–C) groups is 1. The summed E-state index contributed by atoms with van der Waals surface area (Å²) in [6.45, 7) is 0.460. The Labute approximate surface area is 318 Å². The minimum atomic E-state index is -3.87. The quantitative estimate of drug-likeness (QED) is 0.0422. The molecule has 54 heavy (non-hydrogen) atoms. The molecule has 276 valence electrons. The number of ether oxygens (including phenoxy) is 2. The van der Waals surface area contributed by atoms with Gasteiger partial charge in [0.2, 0.25) is 5.90 Å². The predicted octanol–water partition coefficient (Wildman–Crippen LogP) is 7.85. The zero-order valence-corrected chi connectivity index (χ0v) is 31.0. The summed E-state index contributed by atoms with van der Waals surface area (Å²) in [6.07, 6.45) is -0.825. The summed E-state index contributed by atoms with van der Waals surface area (Å²) in [7, 11) is -3.87. The topological polar surface area (TPSA) is 163 Å². The average molecular weight is 762 g/mol. The summed E-state index contributed by atoms with van der Waals surface area (Å²) >= 11 is 1.58. The molecule has 0 unspecified atom stereocenters. The molecule has 0 saturated heterocycles. The number of rotatable bonds is 17. The standard InChI is InChI=1S/C41H39N5O6S2/c42-46-44-29-31-12-7-9-18-36(31)38-41(24-27-54(49,50)35-16-5-2-6-17-35,45-39(52-38)30-20-22-33(23-21-30)51-26-11-25-47)40(48)43-28-32-13-8-10-19-37(32)53-34-14-3-1-4-15-34/h1-10,12-23,38,47H,11,24-29H2,(H,43,48)/t38-,41-/m1/s1. The van der Waals surface area contributed by atoms with Crippen LogP contribution in [-0.4, -0.2) is 49.8 Å². The summed E-state index contributed by atoms with van der Waals surface area (Å²) in [6, 6.07) is 39.9. The zero-order chi connectivity index (χ0) is 37.8. The van der Waals surface area contributed by atoms with Crippen LogP contribution < -0.4 is 10.1 Å². The normalized spacial score (nSPS) is 16.5. The van der Waals surface area contributed by atoms with Gasteiger partial charge in [-0.05, 0) is 76.8 Å². The van der Waals surface area contributed by atoms with Crippen LogP contribution in [0.5, 0.6) is 5.75 Å². The van der Waals surface area contributed by atoms with E-state index < -0.39 is 33.1 Å². The number of sulfone groups is 1. The number of nitrogens with zero attached hydrogens (tertiary/aromatic N) is 4. The van der Waals surface area contributed by atoms with Gasteiger partial charge in [0, 0.05) is 46.3 Å². The largest absolute Gasteiger partial charge is 0.494 e. The van der Waals surface area contributed by atoms with Gasteiger partial charge >= 0.3 is 0 Å². The molecule has 0 aromatic heterocycles. The lowest BCUT2D eigenvalue weighted by molar-refractivity contribution is -0.129. The van der Waals surface area contributed by atoms with E-state index in [1.54, 1.807) is 78.5 Å². The third-order valence-corrected chi connectivity index (χ3v) is 11.8. The third kappa shape index (κ3) is 9.12.